The molecule has 8 rings (SSSR count). The van der Waals surface area contributed by atoms with E-state index in [1.165, 1.54) is 33.8 Å². The molecule has 4 heterocycles. The second kappa shape index (κ2) is 33.2. The van der Waals surface area contributed by atoms with Crippen LogP contribution in [0.5, 0.6) is 0 Å². The standard InChI is InChI=1S/C37H40F9N3O4.C35H36F9N3O4/c1-6-53-30(51)17-27(32-33(39)23(15-25(34(32)40)37(44,45)46)31-20(4)8-9-26(38)21(31)5)47-35(52)28(14-19(2)3)49-18-22(10-13-48-11-7-12-48)24(16-29(49)50)36(41,42)43;1-17(2)12-26(47-16-20(8-11-46-9-5-10-46)22(14-27(47)48)34(39,40)41)33(51)45-25(15-28(49)50)30-31(37)21(13-23(32(30)38)35(42,43)44)29-18(3)6-7-24(36)19(29)4/h8-9,15-16,18-19,27-28H,6-7,10-14,17H2,1-5H3,(H,47,52);6-7,13-14,16-17,25-26H,5,8-12,15H2,1-4H3,(H,45,51)(H,49,50)/t27-,28?;25-,26?/m00/s1. The third kappa shape index (κ3) is 19.4. The fourth-order valence-corrected chi connectivity index (χ4v) is 12.7. The summed E-state index contributed by atoms with van der Waals surface area (Å²) in [7, 11) is 0. The van der Waals surface area contributed by atoms with Gasteiger partial charge < -0.3 is 39.4 Å². The fourth-order valence-electron chi connectivity index (χ4n) is 12.7. The van der Waals surface area contributed by atoms with Crippen LogP contribution < -0.4 is 21.8 Å². The molecule has 0 spiro atoms. The lowest BCUT2D eigenvalue weighted by atomic mass is 9.89. The van der Waals surface area contributed by atoms with E-state index in [-0.39, 0.29) is 102 Å². The van der Waals surface area contributed by atoms with Crippen LogP contribution in [-0.4, -0.2) is 93.7 Å². The normalized spacial score (nSPS) is 15.0. The lowest BCUT2D eigenvalue weighted by Crippen LogP contribution is -2.41. The molecule has 2 saturated heterocycles. The first kappa shape index (κ1) is 82.6. The SMILES string of the molecule is CCOC(=O)C[C@H](NC(=O)C(CC(C)C)n1cc(CCN2CCC2)c(C(F)(F)F)cc1=O)c1c(F)c(-c2c(C)ccc(F)c2C)cc(C(F)(F)F)c1F.Cc1ccc(F)c(C)c1-c1cc(C(F)(F)F)c(F)c([C@H](CC(=O)O)NC(=O)C(CC(C)C)n2cc(CCN3CCC3)c(C(F)(F)F)cc2=O)c1F. The molecule has 4 aromatic carbocycles. The molecule has 2 aliphatic heterocycles. The van der Waals surface area contributed by atoms with E-state index in [1.807, 2.05) is 9.80 Å². The van der Waals surface area contributed by atoms with E-state index in [9.17, 15) is 95.3 Å². The highest BCUT2D eigenvalue weighted by atomic mass is 19.4. The minimum atomic E-state index is -5.46. The number of carbonyl (C=O) groups is 4. The third-order valence-electron chi connectivity index (χ3n) is 18.1. The Labute approximate surface area is 585 Å². The van der Waals surface area contributed by atoms with E-state index in [0.717, 1.165) is 54.9 Å². The number of rotatable bonds is 25. The summed E-state index contributed by atoms with van der Waals surface area (Å²) in [5.41, 5.74) is -15.2. The van der Waals surface area contributed by atoms with Crippen LogP contribution in [0.1, 0.15) is 164 Å². The lowest BCUT2D eigenvalue weighted by molar-refractivity contribution is -0.144. The van der Waals surface area contributed by atoms with Crippen molar-refractivity contribution in [1.29, 1.82) is 0 Å². The van der Waals surface area contributed by atoms with Gasteiger partial charge in [0.1, 0.15) is 47.0 Å². The summed E-state index contributed by atoms with van der Waals surface area (Å²) >= 11 is 0. The first-order valence-corrected chi connectivity index (χ1v) is 33.0. The number of carboxylic acid groups (broad SMARTS) is 1. The zero-order chi connectivity index (χ0) is 77.7. The van der Waals surface area contributed by atoms with Crippen LogP contribution in [0, 0.1) is 74.4 Å². The average Bonchev–Trinajstić information content (AvgIpc) is 0.761. The smallest absolute Gasteiger partial charge is 0.419 e. The zero-order valence-electron chi connectivity index (χ0n) is 57.7. The molecule has 4 atom stereocenters. The average molecular weight is 1500 g/mol. The van der Waals surface area contributed by atoms with Crippen molar-refractivity contribution < 1.29 is 108 Å². The van der Waals surface area contributed by atoms with Crippen molar-refractivity contribution in [2.45, 2.75) is 163 Å². The Kier molecular flexibility index (Phi) is 26.4. The topological polar surface area (TPSA) is 172 Å². The number of nitrogens with one attached hydrogen (secondary N) is 2. The predicted octanol–water partition coefficient (Wildman–Crippen LogP) is 16.0. The molecule has 32 heteroatoms. The van der Waals surface area contributed by atoms with Crippen LogP contribution in [-0.2, 0) is 61.5 Å². The summed E-state index contributed by atoms with van der Waals surface area (Å²) in [4.78, 5) is 82.9. The summed E-state index contributed by atoms with van der Waals surface area (Å²) in [5.74, 6) is -15.9. The molecule has 0 saturated carbocycles. The molecule has 104 heavy (non-hydrogen) atoms. The number of alkyl halides is 12. The summed E-state index contributed by atoms with van der Waals surface area (Å²) in [5, 5.41) is 14.0. The maximum Gasteiger partial charge on any atom is 0.419 e. The van der Waals surface area contributed by atoms with Gasteiger partial charge in [-0.05, 0) is 180 Å². The number of hydrogen-bond donors (Lipinski definition) is 3. The van der Waals surface area contributed by atoms with Gasteiger partial charge in [-0.25, -0.2) is 26.3 Å². The predicted molar refractivity (Wildman–Crippen MR) is 346 cm³/mol. The molecular formula is C72H76F18N6O8. The number of aliphatic carboxylic acids is 1. The molecular weight excluding hydrogens is 1420 g/mol. The van der Waals surface area contributed by atoms with Crippen LogP contribution in [0.25, 0.3) is 22.3 Å². The number of hydrogen-bond acceptors (Lipinski definition) is 9. The van der Waals surface area contributed by atoms with Crippen molar-refractivity contribution in [3.63, 3.8) is 0 Å². The van der Waals surface area contributed by atoms with Crippen molar-refractivity contribution in [2.24, 2.45) is 11.8 Å². The number of halogens is 18. The van der Waals surface area contributed by atoms with Crippen LogP contribution in [0.4, 0.5) is 79.0 Å². The highest BCUT2D eigenvalue weighted by Gasteiger charge is 2.44. The van der Waals surface area contributed by atoms with E-state index in [2.05, 4.69) is 10.6 Å². The van der Waals surface area contributed by atoms with E-state index >= 15 is 17.6 Å². The Hall–Kier alpha value is -8.68. The number of esters is 1. The minimum absolute atomic E-state index is 0.0980. The third-order valence-corrected chi connectivity index (χ3v) is 18.1. The number of aromatic nitrogens is 2. The number of nitrogens with zero attached hydrogens (tertiary/aromatic N) is 4. The molecule has 568 valence electrons. The Morgan fingerprint density at radius 1 is 0.510 bits per heavy atom. The summed E-state index contributed by atoms with van der Waals surface area (Å²) in [6.07, 6.45) is -20.5. The van der Waals surface area contributed by atoms with Crippen molar-refractivity contribution >= 4 is 23.8 Å². The summed E-state index contributed by atoms with van der Waals surface area (Å²) in [6, 6.07) is -2.51. The molecule has 6 aromatic rings. The van der Waals surface area contributed by atoms with Gasteiger partial charge in [0.05, 0.1) is 53.8 Å². The Morgan fingerprint density at radius 3 is 1.15 bits per heavy atom. The maximum atomic E-state index is 16.6. The minimum Gasteiger partial charge on any atom is -0.481 e. The molecule has 3 N–H and O–H groups in total. The highest BCUT2D eigenvalue weighted by Crippen LogP contribution is 2.46. The van der Waals surface area contributed by atoms with Crippen molar-refractivity contribution in [3.8, 4) is 22.3 Å². The lowest BCUT2D eigenvalue weighted by Gasteiger charge is -2.31. The van der Waals surface area contributed by atoms with Crippen LogP contribution >= 0.6 is 0 Å². The Morgan fingerprint density at radius 2 is 0.856 bits per heavy atom. The van der Waals surface area contributed by atoms with Gasteiger partial charge in [-0.3, -0.25) is 28.8 Å². The number of benzene rings is 4. The summed E-state index contributed by atoms with van der Waals surface area (Å²) < 4.78 is 270. The summed E-state index contributed by atoms with van der Waals surface area (Å²) in [6.45, 7) is 15.7. The molecule has 14 nitrogen and oxygen atoms in total. The van der Waals surface area contributed by atoms with Crippen LogP contribution in [0.15, 0.2) is 70.5 Å². The Bertz CT molecular complexity index is 4310. The van der Waals surface area contributed by atoms with Crippen LogP contribution in [0.3, 0.4) is 0 Å². The molecule has 0 radical (unpaired) electrons. The molecule has 2 aliphatic rings. The van der Waals surface area contributed by atoms with Gasteiger partial charge in [0.2, 0.25) is 11.8 Å². The molecule has 2 amide bonds. The first-order valence-electron chi connectivity index (χ1n) is 33.0. The van der Waals surface area contributed by atoms with Crippen molar-refractivity contribution in [3.05, 3.63) is 183 Å². The highest BCUT2D eigenvalue weighted by molar-refractivity contribution is 5.84. The monoisotopic (exact) mass is 1490 g/mol. The van der Waals surface area contributed by atoms with Crippen LogP contribution in [0.2, 0.25) is 0 Å². The molecule has 0 aliphatic carbocycles. The number of pyridine rings is 2. The molecule has 2 fully saturated rings. The second-order valence-corrected chi connectivity index (χ2v) is 26.6. The molecule has 2 aromatic heterocycles. The molecule has 0 bridgehead atoms. The van der Waals surface area contributed by atoms with Crippen molar-refractivity contribution in [1.82, 2.24) is 29.6 Å². The van der Waals surface area contributed by atoms with E-state index in [1.54, 1.807) is 27.7 Å². The van der Waals surface area contributed by atoms with Gasteiger partial charge in [0, 0.05) is 59.9 Å². The number of aryl methyl sites for hydroxylation is 2. The number of likely N-dealkylation sites (tertiary alicyclic amines) is 2. The maximum absolute atomic E-state index is 16.6. The van der Waals surface area contributed by atoms with Gasteiger partial charge >= 0.3 is 36.6 Å². The number of amides is 2. The first-order chi connectivity index (χ1) is 48.3. The Balaban J connectivity index is 0.000000291. The van der Waals surface area contributed by atoms with E-state index in [0.29, 0.717) is 42.9 Å². The van der Waals surface area contributed by atoms with Crippen molar-refractivity contribution in [2.75, 3.05) is 45.9 Å². The fraction of sp³-hybridized carbons (Fsp3) is 0.472. The zero-order valence-corrected chi connectivity index (χ0v) is 57.7. The quantitative estimate of drug-likeness (QED) is 0.0370. The number of ether oxygens (including phenoxy) is 1. The largest absolute Gasteiger partial charge is 0.481 e. The number of carboxylic acids is 1. The molecule has 2 unspecified atom stereocenters. The van der Waals surface area contributed by atoms with Gasteiger partial charge in [0.15, 0.2) is 0 Å². The van der Waals surface area contributed by atoms with Gasteiger partial charge in [-0.2, -0.15) is 52.7 Å². The van der Waals surface area contributed by atoms with E-state index in [4.69, 9.17) is 4.74 Å². The number of carbonyl (C=O) groups excluding carboxylic acids is 3. The van der Waals surface area contributed by atoms with Gasteiger partial charge in [-0.15, -0.1) is 0 Å². The van der Waals surface area contributed by atoms with Gasteiger partial charge in [0.25, 0.3) is 11.1 Å². The van der Waals surface area contributed by atoms with Gasteiger partial charge in [-0.1, -0.05) is 39.8 Å². The second-order valence-electron chi connectivity index (χ2n) is 26.6. The van der Waals surface area contributed by atoms with E-state index < -0.39 is 188 Å².